The largest absolute Gasteiger partial charge is 0.486 e. The molecule has 0 aliphatic carbocycles. The number of carbonyl (C=O) groups excluding carboxylic acids is 1. The number of hydrogen-bond acceptors (Lipinski definition) is 7. The molecule has 3 aromatic rings. The van der Waals surface area contributed by atoms with E-state index >= 15 is 0 Å². The van der Waals surface area contributed by atoms with E-state index in [0.717, 1.165) is 11.3 Å². The third-order valence-corrected chi connectivity index (χ3v) is 4.24. The summed E-state index contributed by atoms with van der Waals surface area (Å²) < 4.78 is 16.4. The van der Waals surface area contributed by atoms with Gasteiger partial charge in [0.05, 0.1) is 18.3 Å². The lowest BCUT2D eigenvalue weighted by Gasteiger charge is -2.18. The standard InChI is InChI=1S/C16H13N3O4S/c20-16(15-8-17-9-24-15)18-7-11-6-13(23-19-11)10-1-2-12-14(5-10)22-4-3-21-12/h1-2,5-6,8-9H,3-4,7H2,(H,18,20). The molecule has 1 aromatic carbocycles. The first-order valence-electron chi connectivity index (χ1n) is 7.32. The summed E-state index contributed by atoms with van der Waals surface area (Å²) in [5, 5.41) is 6.76. The van der Waals surface area contributed by atoms with Crippen LogP contribution in [-0.4, -0.2) is 29.3 Å². The van der Waals surface area contributed by atoms with Gasteiger partial charge in [-0.3, -0.25) is 9.78 Å². The van der Waals surface area contributed by atoms with Crippen LogP contribution in [0.1, 0.15) is 15.4 Å². The SMILES string of the molecule is O=C(NCc1cc(-c2ccc3c(c2)OCCO3)on1)c1cncs1. The van der Waals surface area contributed by atoms with E-state index < -0.39 is 0 Å². The molecule has 7 nitrogen and oxygen atoms in total. The lowest BCUT2D eigenvalue weighted by molar-refractivity contribution is 0.0954. The van der Waals surface area contributed by atoms with Crippen molar-refractivity contribution in [2.45, 2.75) is 6.54 Å². The minimum absolute atomic E-state index is 0.179. The Hall–Kier alpha value is -2.87. The Kier molecular flexibility index (Phi) is 3.87. The highest BCUT2D eigenvalue weighted by molar-refractivity contribution is 7.11. The predicted octanol–water partition coefficient (Wildman–Crippen LogP) is 2.50. The van der Waals surface area contributed by atoms with Crippen LogP contribution in [0.15, 0.2) is 40.5 Å². The molecule has 0 radical (unpaired) electrons. The summed E-state index contributed by atoms with van der Waals surface area (Å²) in [5.74, 6) is 1.84. The van der Waals surface area contributed by atoms with Crippen LogP contribution in [0.2, 0.25) is 0 Å². The molecular formula is C16H13N3O4S. The lowest BCUT2D eigenvalue weighted by atomic mass is 10.1. The molecule has 24 heavy (non-hydrogen) atoms. The maximum absolute atomic E-state index is 11.9. The molecule has 2 aromatic heterocycles. The van der Waals surface area contributed by atoms with E-state index in [1.165, 1.54) is 17.5 Å². The first kappa shape index (κ1) is 14.7. The number of rotatable bonds is 4. The third kappa shape index (κ3) is 2.95. The number of fused-ring (bicyclic) bond motifs is 1. The molecule has 0 bridgehead atoms. The number of thiazole rings is 1. The van der Waals surface area contributed by atoms with Gasteiger partial charge in [-0.05, 0) is 18.2 Å². The topological polar surface area (TPSA) is 86.5 Å². The van der Waals surface area contributed by atoms with Crippen LogP contribution in [0, 0.1) is 0 Å². The third-order valence-electron chi connectivity index (χ3n) is 3.47. The Balaban J connectivity index is 1.46. The van der Waals surface area contributed by atoms with Crippen molar-refractivity contribution >= 4 is 17.2 Å². The van der Waals surface area contributed by atoms with E-state index in [-0.39, 0.29) is 12.5 Å². The van der Waals surface area contributed by atoms with Crippen LogP contribution >= 0.6 is 11.3 Å². The summed E-state index contributed by atoms with van der Waals surface area (Å²) in [7, 11) is 0. The quantitative estimate of drug-likeness (QED) is 0.783. The summed E-state index contributed by atoms with van der Waals surface area (Å²) >= 11 is 1.29. The lowest BCUT2D eigenvalue weighted by Crippen LogP contribution is -2.21. The van der Waals surface area contributed by atoms with Gasteiger partial charge in [0.15, 0.2) is 17.3 Å². The van der Waals surface area contributed by atoms with Crippen molar-refractivity contribution in [2.24, 2.45) is 0 Å². The van der Waals surface area contributed by atoms with Crippen LogP contribution in [0.5, 0.6) is 11.5 Å². The van der Waals surface area contributed by atoms with Gasteiger partial charge in [-0.25, -0.2) is 0 Å². The summed E-state index contributed by atoms with van der Waals surface area (Å²) in [5.41, 5.74) is 3.09. The molecule has 1 aliphatic heterocycles. The molecule has 0 saturated heterocycles. The molecule has 0 saturated carbocycles. The minimum atomic E-state index is -0.179. The number of carbonyl (C=O) groups is 1. The average molecular weight is 343 g/mol. The zero-order chi connectivity index (χ0) is 16.4. The second-order valence-corrected chi connectivity index (χ2v) is 5.98. The molecule has 1 aliphatic rings. The second-order valence-electron chi connectivity index (χ2n) is 5.09. The van der Waals surface area contributed by atoms with Crippen LogP contribution in [0.3, 0.4) is 0 Å². The van der Waals surface area contributed by atoms with Gasteiger partial charge in [0.25, 0.3) is 5.91 Å². The highest BCUT2D eigenvalue weighted by Gasteiger charge is 2.15. The molecule has 0 fully saturated rings. The molecule has 4 rings (SSSR count). The van der Waals surface area contributed by atoms with Crippen LogP contribution in [0.4, 0.5) is 0 Å². The molecule has 3 heterocycles. The van der Waals surface area contributed by atoms with Gasteiger partial charge in [-0.2, -0.15) is 0 Å². The van der Waals surface area contributed by atoms with E-state index in [0.29, 0.717) is 35.3 Å². The maximum atomic E-state index is 11.9. The first-order valence-corrected chi connectivity index (χ1v) is 8.20. The van der Waals surface area contributed by atoms with Crippen LogP contribution in [-0.2, 0) is 6.54 Å². The molecule has 0 unspecified atom stereocenters. The van der Waals surface area contributed by atoms with Crippen molar-refractivity contribution in [3.8, 4) is 22.8 Å². The van der Waals surface area contributed by atoms with Gasteiger partial charge >= 0.3 is 0 Å². The zero-order valence-electron chi connectivity index (χ0n) is 12.5. The van der Waals surface area contributed by atoms with E-state index in [4.69, 9.17) is 14.0 Å². The highest BCUT2D eigenvalue weighted by Crippen LogP contribution is 2.34. The van der Waals surface area contributed by atoms with Crippen molar-refractivity contribution < 1.29 is 18.8 Å². The number of hydrogen-bond donors (Lipinski definition) is 1. The smallest absolute Gasteiger partial charge is 0.263 e. The Morgan fingerprint density at radius 1 is 1.21 bits per heavy atom. The second kappa shape index (κ2) is 6.32. The van der Waals surface area contributed by atoms with E-state index in [9.17, 15) is 4.79 Å². The van der Waals surface area contributed by atoms with Gasteiger partial charge in [-0.15, -0.1) is 11.3 Å². The number of nitrogens with zero attached hydrogens (tertiary/aromatic N) is 2. The van der Waals surface area contributed by atoms with Gasteiger partial charge in [0.2, 0.25) is 0 Å². The normalized spacial score (nSPS) is 12.8. The maximum Gasteiger partial charge on any atom is 0.263 e. The van der Waals surface area contributed by atoms with Crippen molar-refractivity contribution in [2.75, 3.05) is 13.2 Å². The van der Waals surface area contributed by atoms with E-state index in [2.05, 4.69) is 15.5 Å². The van der Waals surface area contributed by atoms with Gasteiger partial charge in [0.1, 0.15) is 23.8 Å². The average Bonchev–Trinajstić information content (AvgIpc) is 3.31. The van der Waals surface area contributed by atoms with Crippen molar-refractivity contribution in [3.05, 3.63) is 46.5 Å². The molecular weight excluding hydrogens is 330 g/mol. The Labute approximate surface area is 141 Å². The fourth-order valence-electron chi connectivity index (χ4n) is 2.31. The monoisotopic (exact) mass is 343 g/mol. The van der Waals surface area contributed by atoms with Crippen LogP contribution < -0.4 is 14.8 Å². The fourth-order valence-corrected chi connectivity index (χ4v) is 2.85. The molecule has 1 amide bonds. The summed E-state index contributed by atoms with van der Waals surface area (Å²) in [6.45, 7) is 1.37. The summed E-state index contributed by atoms with van der Waals surface area (Å²) in [6.07, 6.45) is 1.53. The van der Waals surface area contributed by atoms with Crippen LogP contribution in [0.25, 0.3) is 11.3 Å². The van der Waals surface area contributed by atoms with E-state index in [1.54, 1.807) is 11.6 Å². The number of amides is 1. The molecule has 122 valence electrons. The molecule has 0 spiro atoms. The zero-order valence-corrected chi connectivity index (χ0v) is 13.3. The predicted molar refractivity (Wildman–Crippen MR) is 86.2 cm³/mol. The minimum Gasteiger partial charge on any atom is -0.486 e. The number of aromatic nitrogens is 2. The van der Waals surface area contributed by atoms with Gasteiger partial charge in [-0.1, -0.05) is 5.16 Å². The Bertz CT molecular complexity index is 860. The van der Waals surface area contributed by atoms with Gasteiger partial charge in [0, 0.05) is 11.6 Å². The van der Waals surface area contributed by atoms with E-state index in [1.807, 2.05) is 18.2 Å². The highest BCUT2D eigenvalue weighted by atomic mass is 32.1. The molecule has 8 heteroatoms. The van der Waals surface area contributed by atoms with Crippen molar-refractivity contribution in [1.82, 2.24) is 15.5 Å². The first-order chi connectivity index (χ1) is 11.8. The fraction of sp³-hybridized carbons (Fsp3) is 0.188. The Morgan fingerprint density at radius 2 is 2.08 bits per heavy atom. The van der Waals surface area contributed by atoms with Crippen molar-refractivity contribution in [1.29, 1.82) is 0 Å². The summed E-state index contributed by atoms with van der Waals surface area (Å²) in [4.78, 5) is 16.3. The number of nitrogens with one attached hydrogen (secondary N) is 1. The number of benzene rings is 1. The van der Waals surface area contributed by atoms with Gasteiger partial charge < -0.3 is 19.3 Å². The number of ether oxygens (including phenoxy) is 2. The molecule has 1 N–H and O–H groups in total. The summed E-state index contributed by atoms with van der Waals surface area (Å²) in [6, 6.07) is 7.37. The molecule has 0 atom stereocenters. The van der Waals surface area contributed by atoms with Crippen molar-refractivity contribution in [3.63, 3.8) is 0 Å². The Morgan fingerprint density at radius 3 is 2.92 bits per heavy atom.